The molecule has 0 fully saturated rings. The van der Waals surface area contributed by atoms with Gasteiger partial charge in [-0.1, -0.05) is 34.8 Å². The first kappa shape index (κ1) is 17.9. The van der Waals surface area contributed by atoms with Crippen molar-refractivity contribution in [3.8, 4) is 0 Å². The van der Waals surface area contributed by atoms with Crippen LogP contribution in [0.5, 0.6) is 0 Å². The topological polar surface area (TPSA) is 138 Å². The average molecular weight is 337 g/mol. The molecule has 11 heteroatoms. The summed E-state index contributed by atoms with van der Waals surface area (Å²) in [5.74, 6) is -6.81. The zero-order valence-electron chi connectivity index (χ0n) is 8.93. The fourth-order valence-corrected chi connectivity index (χ4v) is 1.02. The number of halogens is 3. The molecular weight excluding hydrogens is 330 g/mol. The average Bonchev–Trinajstić information content (AvgIpc) is 2.13. The highest BCUT2D eigenvalue weighted by Gasteiger charge is 2.43. The van der Waals surface area contributed by atoms with E-state index in [1.54, 1.807) is 0 Å². The first-order valence-electron chi connectivity index (χ1n) is 4.38. The van der Waals surface area contributed by atoms with Crippen LogP contribution in [-0.4, -0.2) is 48.6 Å². The molecule has 0 radical (unpaired) electrons. The number of hydrogen-bond donors (Lipinski definition) is 3. The van der Waals surface area contributed by atoms with Gasteiger partial charge in [0.1, 0.15) is 0 Å². The van der Waals surface area contributed by atoms with Gasteiger partial charge in [-0.2, -0.15) is 0 Å². The van der Waals surface area contributed by atoms with Crippen molar-refractivity contribution in [2.45, 2.75) is 22.2 Å². The van der Waals surface area contributed by atoms with Gasteiger partial charge < -0.3 is 20.1 Å². The third-order valence-electron chi connectivity index (χ3n) is 1.72. The SMILES string of the molecule is O=C(O)CC(O)(CC(=O)OC(=O)C(Cl)(Cl)Cl)C(=O)O. The number of hydrogen-bond acceptors (Lipinski definition) is 6. The van der Waals surface area contributed by atoms with E-state index in [1.807, 2.05) is 0 Å². The monoisotopic (exact) mass is 336 g/mol. The molecular formula is C8H7Cl3O8. The Bertz CT molecular complexity index is 415. The van der Waals surface area contributed by atoms with Crippen molar-refractivity contribution in [2.24, 2.45) is 0 Å². The number of rotatable bonds is 5. The molecule has 0 aliphatic rings. The van der Waals surface area contributed by atoms with Gasteiger partial charge in [-0.3, -0.25) is 9.59 Å². The maximum atomic E-state index is 11.2. The Hall–Kier alpha value is -1.09. The molecule has 0 spiro atoms. The molecule has 0 aromatic carbocycles. The van der Waals surface area contributed by atoms with Gasteiger partial charge in [0.25, 0.3) is 3.79 Å². The summed E-state index contributed by atoms with van der Waals surface area (Å²) in [6.45, 7) is 0. The lowest BCUT2D eigenvalue weighted by molar-refractivity contribution is -0.174. The van der Waals surface area contributed by atoms with Gasteiger partial charge in [0.15, 0.2) is 5.60 Å². The van der Waals surface area contributed by atoms with Crippen LogP contribution in [-0.2, 0) is 23.9 Å². The number of carboxylic acid groups (broad SMARTS) is 2. The van der Waals surface area contributed by atoms with Crippen LogP contribution in [0, 0.1) is 0 Å². The predicted octanol–water partition coefficient (Wildman–Crippen LogP) is 0.107. The van der Waals surface area contributed by atoms with Crippen LogP contribution in [0.4, 0.5) is 0 Å². The molecule has 19 heavy (non-hydrogen) atoms. The second-order valence-corrected chi connectivity index (χ2v) is 5.62. The fraction of sp³-hybridized carbons (Fsp3) is 0.500. The smallest absolute Gasteiger partial charge is 0.366 e. The Labute approximate surface area is 120 Å². The van der Waals surface area contributed by atoms with Crippen molar-refractivity contribution in [1.82, 2.24) is 0 Å². The van der Waals surface area contributed by atoms with E-state index in [4.69, 9.17) is 45.0 Å². The summed E-state index contributed by atoms with van der Waals surface area (Å²) in [6.07, 6.45) is -2.58. The minimum Gasteiger partial charge on any atom is -0.481 e. The van der Waals surface area contributed by atoms with E-state index in [1.165, 1.54) is 0 Å². The summed E-state index contributed by atoms with van der Waals surface area (Å²) >= 11 is 15.2. The maximum Gasteiger partial charge on any atom is 0.366 e. The first-order chi connectivity index (χ1) is 8.38. The number of esters is 2. The Balaban J connectivity index is 4.80. The molecule has 0 aliphatic carbocycles. The lowest BCUT2D eigenvalue weighted by Gasteiger charge is -2.20. The Morgan fingerprint density at radius 1 is 1.00 bits per heavy atom. The van der Waals surface area contributed by atoms with Crippen LogP contribution < -0.4 is 0 Å². The van der Waals surface area contributed by atoms with Gasteiger partial charge in [-0.15, -0.1) is 0 Å². The largest absolute Gasteiger partial charge is 0.481 e. The van der Waals surface area contributed by atoms with Crippen molar-refractivity contribution in [3.05, 3.63) is 0 Å². The number of ether oxygens (including phenoxy) is 1. The Morgan fingerprint density at radius 2 is 1.47 bits per heavy atom. The van der Waals surface area contributed by atoms with E-state index < -0.39 is 46.1 Å². The normalized spacial score (nSPS) is 14.3. The quantitative estimate of drug-likeness (QED) is 0.365. The highest BCUT2D eigenvalue weighted by Crippen LogP contribution is 2.28. The molecule has 0 saturated heterocycles. The molecule has 0 amide bonds. The van der Waals surface area contributed by atoms with Gasteiger partial charge in [-0.25, -0.2) is 9.59 Å². The summed E-state index contributed by atoms with van der Waals surface area (Å²) in [4.78, 5) is 43.2. The highest BCUT2D eigenvalue weighted by molar-refractivity contribution is 6.75. The summed E-state index contributed by atoms with van der Waals surface area (Å²) in [6, 6.07) is 0. The van der Waals surface area contributed by atoms with E-state index in [9.17, 15) is 24.3 Å². The molecule has 0 rings (SSSR count). The second-order valence-electron chi connectivity index (χ2n) is 3.34. The van der Waals surface area contributed by atoms with Crippen LogP contribution in [0.1, 0.15) is 12.8 Å². The number of aliphatic carboxylic acids is 2. The Morgan fingerprint density at radius 3 is 1.79 bits per heavy atom. The highest BCUT2D eigenvalue weighted by atomic mass is 35.6. The molecule has 0 aromatic rings. The molecule has 3 N–H and O–H groups in total. The van der Waals surface area contributed by atoms with E-state index in [0.717, 1.165) is 0 Å². The molecule has 0 aromatic heterocycles. The molecule has 1 unspecified atom stereocenters. The Kier molecular flexibility index (Phi) is 6.01. The van der Waals surface area contributed by atoms with E-state index >= 15 is 0 Å². The zero-order valence-corrected chi connectivity index (χ0v) is 11.2. The van der Waals surface area contributed by atoms with Crippen molar-refractivity contribution < 1.29 is 39.2 Å². The van der Waals surface area contributed by atoms with Gasteiger partial charge in [0, 0.05) is 0 Å². The zero-order chi connectivity index (χ0) is 15.4. The van der Waals surface area contributed by atoms with Crippen LogP contribution in [0.15, 0.2) is 0 Å². The molecule has 1 atom stereocenters. The van der Waals surface area contributed by atoms with Crippen LogP contribution in [0.25, 0.3) is 0 Å². The van der Waals surface area contributed by atoms with E-state index in [2.05, 4.69) is 4.74 Å². The summed E-state index contributed by atoms with van der Waals surface area (Å²) in [7, 11) is 0. The van der Waals surface area contributed by atoms with Gasteiger partial charge >= 0.3 is 23.9 Å². The lowest BCUT2D eigenvalue weighted by atomic mass is 9.96. The number of carbonyl (C=O) groups excluding carboxylic acids is 2. The predicted molar refractivity (Wildman–Crippen MR) is 60.8 cm³/mol. The van der Waals surface area contributed by atoms with Crippen molar-refractivity contribution >= 4 is 58.7 Å². The number of carboxylic acids is 2. The number of carbonyl (C=O) groups is 4. The van der Waals surface area contributed by atoms with Crippen LogP contribution >= 0.6 is 34.8 Å². The number of alkyl halides is 3. The minimum absolute atomic E-state index is 1.28. The molecule has 0 saturated carbocycles. The maximum absolute atomic E-state index is 11.2. The molecule has 8 nitrogen and oxygen atoms in total. The van der Waals surface area contributed by atoms with Crippen molar-refractivity contribution in [1.29, 1.82) is 0 Å². The van der Waals surface area contributed by atoms with Crippen LogP contribution in [0.2, 0.25) is 0 Å². The first-order valence-corrected chi connectivity index (χ1v) is 5.51. The molecule has 0 heterocycles. The molecule has 0 bridgehead atoms. The van der Waals surface area contributed by atoms with Gasteiger partial charge in [-0.05, 0) is 0 Å². The third kappa shape index (κ3) is 6.06. The second kappa shape index (κ2) is 6.38. The summed E-state index contributed by atoms with van der Waals surface area (Å²) in [5, 5.41) is 26.5. The van der Waals surface area contributed by atoms with Crippen LogP contribution in [0.3, 0.4) is 0 Å². The lowest BCUT2D eigenvalue weighted by Crippen LogP contribution is -2.43. The van der Waals surface area contributed by atoms with Crippen molar-refractivity contribution in [2.75, 3.05) is 0 Å². The standard InChI is InChI=1S/C8H7Cl3O8/c9-8(10,11)6(17)19-4(14)2-7(18,5(15)16)1-3(12)13/h18H,1-2H2,(H,12,13)(H,15,16). The van der Waals surface area contributed by atoms with Gasteiger partial charge in [0.2, 0.25) is 0 Å². The summed E-state index contributed by atoms with van der Waals surface area (Å²) in [5.41, 5.74) is -2.93. The summed E-state index contributed by atoms with van der Waals surface area (Å²) < 4.78 is 1.39. The molecule has 0 aliphatic heterocycles. The van der Waals surface area contributed by atoms with Crippen molar-refractivity contribution in [3.63, 3.8) is 0 Å². The minimum atomic E-state index is -2.93. The van der Waals surface area contributed by atoms with E-state index in [0.29, 0.717) is 0 Å². The van der Waals surface area contributed by atoms with E-state index in [-0.39, 0.29) is 0 Å². The number of aliphatic hydroxyl groups is 1. The molecule has 108 valence electrons. The fourth-order valence-electron chi connectivity index (χ4n) is 0.900. The van der Waals surface area contributed by atoms with Gasteiger partial charge in [0.05, 0.1) is 12.8 Å². The third-order valence-corrected chi connectivity index (χ3v) is 2.18.